The normalized spacial score (nSPS) is 13.2. The molecule has 2 heteroatoms. The monoisotopic (exact) mass is 136 g/mol. The van der Waals surface area contributed by atoms with E-state index in [4.69, 9.17) is 0 Å². The molecule has 0 saturated carbocycles. The zero-order valence-corrected chi connectivity index (χ0v) is 6.41. The van der Waals surface area contributed by atoms with Gasteiger partial charge >= 0.3 is 0 Å². The Kier molecular flexibility index (Phi) is 5.25. The Balaban J connectivity index is 4.17. The maximum absolute atomic E-state index is 3.80. The quantitative estimate of drug-likeness (QED) is 0.421. The number of allylic oxidation sites excluding steroid dienone is 4. The average molecular weight is 136 g/mol. The second kappa shape index (κ2) is 5.95. The van der Waals surface area contributed by atoms with E-state index < -0.39 is 0 Å². The maximum atomic E-state index is 3.80. The highest BCUT2D eigenvalue weighted by Crippen LogP contribution is 1.97. The van der Waals surface area contributed by atoms with Crippen molar-refractivity contribution in [3.8, 4) is 0 Å². The van der Waals surface area contributed by atoms with Gasteiger partial charge in [-0.1, -0.05) is 18.7 Å². The van der Waals surface area contributed by atoms with E-state index in [1.807, 2.05) is 25.2 Å². The third kappa shape index (κ3) is 3.78. The standard InChI is InChI=1S/C8H12N2/c1-4-6-7-8(5-2)10-9-3/h4-7H,2H2,1,3H3/b6-4-,8-7+,10-9?. The summed E-state index contributed by atoms with van der Waals surface area (Å²) in [5, 5.41) is 7.41. The van der Waals surface area contributed by atoms with E-state index >= 15 is 0 Å². The minimum absolute atomic E-state index is 0.778. The van der Waals surface area contributed by atoms with Crippen LogP contribution >= 0.6 is 0 Å². The second-order valence-corrected chi connectivity index (χ2v) is 1.62. The third-order valence-electron chi connectivity index (χ3n) is 0.884. The van der Waals surface area contributed by atoms with Gasteiger partial charge in [-0.15, -0.1) is 0 Å². The molecule has 0 unspecified atom stereocenters. The van der Waals surface area contributed by atoms with Gasteiger partial charge in [0.05, 0.1) is 5.70 Å². The van der Waals surface area contributed by atoms with Gasteiger partial charge in [0.1, 0.15) is 0 Å². The first-order chi connectivity index (χ1) is 4.85. The van der Waals surface area contributed by atoms with Crippen molar-refractivity contribution in [2.45, 2.75) is 6.92 Å². The summed E-state index contributed by atoms with van der Waals surface area (Å²) in [6.45, 7) is 5.52. The molecule has 2 nitrogen and oxygen atoms in total. The van der Waals surface area contributed by atoms with Crippen molar-refractivity contribution in [1.29, 1.82) is 0 Å². The van der Waals surface area contributed by atoms with E-state index in [0.29, 0.717) is 0 Å². The molecule has 0 bridgehead atoms. The summed E-state index contributed by atoms with van der Waals surface area (Å²) < 4.78 is 0. The molecule has 10 heavy (non-hydrogen) atoms. The van der Waals surface area contributed by atoms with Crippen molar-refractivity contribution in [2.75, 3.05) is 7.05 Å². The molecular formula is C8H12N2. The molecule has 0 N–H and O–H groups in total. The largest absolute Gasteiger partial charge is 0.192 e. The van der Waals surface area contributed by atoms with E-state index in [-0.39, 0.29) is 0 Å². The van der Waals surface area contributed by atoms with Crippen LogP contribution in [0.3, 0.4) is 0 Å². The molecule has 0 fully saturated rings. The zero-order chi connectivity index (χ0) is 7.82. The molecule has 0 amide bonds. The molecule has 0 atom stereocenters. The SMILES string of the molecule is C=C/C(=C\C=C/C)N=NC. The van der Waals surface area contributed by atoms with Crippen LogP contribution in [0.25, 0.3) is 0 Å². The molecule has 0 rings (SSSR count). The molecule has 0 heterocycles. The van der Waals surface area contributed by atoms with Crippen LogP contribution in [0.5, 0.6) is 0 Å². The highest BCUT2D eigenvalue weighted by molar-refractivity contribution is 5.19. The minimum atomic E-state index is 0.778. The van der Waals surface area contributed by atoms with E-state index in [1.165, 1.54) is 0 Å². The molecule has 0 aliphatic carbocycles. The Morgan fingerprint density at radius 2 is 2.20 bits per heavy atom. The van der Waals surface area contributed by atoms with Crippen molar-refractivity contribution >= 4 is 0 Å². The molecule has 0 saturated heterocycles. The van der Waals surface area contributed by atoms with Gasteiger partial charge in [0, 0.05) is 7.05 Å². The Morgan fingerprint density at radius 3 is 2.60 bits per heavy atom. The van der Waals surface area contributed by atoms with Gasteiger partial charge in [0.15, 0.2) is 0 Å². The highest BCUT2D eigenvalue weighted by Gasteiger charge is 1.79. The first-order valence-corrected chi connectivity index (χ1v) is 3.10. The molecule has 0 aliphatic rings. The van der Waals surface area contributed by atoms with Crippen LogP contribution in [0.15, 0.2) is 46.8 Å². The van der Waals surface area contributed by atoms with Crippen LogP contribution in [0.4, 0.5) is 0 Å². The van der Waals surface area contributed by atoms with Crippen LogP contribution in [0.1, 0.15) is 6.92 Å². The molecule has 0 aromatic rings. The summed E-state index contributed by atoms with van der Waals surface area (Å²) in [6, 6.07) is 0. The molecule has 0 radical (unpaired) electrons. The van der Waals surface area contributed by atoms with Crippen molar-refractivity contribution in [1.82, 2.24) is 0 Å². The molecule has 0 aromatic heterocycles. The summed E-state index contributed by atoms with van der Waals surface area (Å²) in [5.41, 5.74) is 0.778. The number of nitrogens with zero attached hydrogens (tertiary/aromatic N) is 2. The molecule has 0 aliphatic heterocycles. The Labute approximate surface area is 61.7 Å². The Bertz CT molecular complexity index is 176. The summed E-state index contributed by atoms with van der Waals surface area (Å²) in [6.07, 6.45) is 7.33. The first kappa shape index (κ1) is 8.82. The van der Waals surface area contributed by atoms with E-state index in [2.05, 4.69) is 16.8 Å². The maximum Gasteiger partial charge on any atom is 0.0846 e. The van der Waals surface area contributed by atoms with Crippen LogP contribution < -0.4 is 0 Å². The van der Waals surface area contributed by atoms with Crippen molar-refractivity contribution in [3.05, 3.63) is 36.6 Å². The minimum Gasteiger partial charge on any atom is -0.192 e. The van der Waals surface area contributed by atoms with Gasteiger partial charge in [-0.25, -0.2) is 0 Å². The average Bonchev–Trinajstić information content (AvgIpc) is 1.98. The Hall–Kier alpha value is -1.18. The van der Waals surface area contributed by atoms with Crippen molar-refractivity contribution < 1.29 is 0 Å². The number of azo groups is 1. The van der Waals surface area contributed by atoms with E-state index in [0.717, 1.165) is 5.70 Å². The number of rotatable bonds is 3. The fourth-order valence-electron chi connectivity index (χ4n) is 0.452. The lowest BCUT2D eigenvalue weighted by molar-refractivity contribution is 1.12. The number of hydrogen-bond acceptors (Lipinski definition) is 2. The lowest BCUT2D eigenvalue weighted by atomic mass is 10.4. The lowest BCUT2D eigenvalue weighted by Gasteiger charge is -1.84. The summed E-state index contributed by atoms with van der Waals surface area (Å²) in [7, 11) is 1.63. The predicted octanol–water partition coefficient (Wildman–Crippen LogP) is 2.71. The van der Waals surface area contributed by atoms with Gasteiger partial charge in [-0.3, -0.25) is 0 Å². The Morgan fingerprint density at radius 1 is 1.50 bits per heavy atom. The van der Waals surface area contributed by atoms with Crippen LogP contribution in [0.2, 0.25) is 0 Å². The van der Waals surface area contributed by atoms with Crippen molar-refractivity contribution in [2.24, 2.45) is 10.2 Å². The number of hydrogen-bond donors (Lipinski definition) is 0. The topological polar surface area (TPSA) is 24.7 Å². The fraction of sp³-hybridized carbons (Fsp3) is 0.250. The van der Waals surface area contributed by atoms with Gasteiger partial charge < -0.3 is 0 Å². The van der Waals surface area contributed by atoms with Gasteiger partial charge in [0.25, 0.3) is 0 Å². The van der Waals surface area contributed by atoms with E-state index in [1.54, 1.807) is 13.1 Å². The summed E-state index contributed by atoms with van der Waals surface area (Å²) >= 11 is 0. The zero-order valence-electron chi connectivity index (χ0n) is 6.41. The van der Waals surface area contributed by atoms with Crippen LogP contribution in [-0.2, 0) is 0 Å². The summed E-state index contributed by atoms with van der Waals surface area (Å²) in [4.78, 5) is 0. The van der Waals surface area contributed by atoms with Gasteiger partial charge in [0.2, 0.25) is 0 Å². The molecule has 0 spiro atoms. The summed E-state index contributed by atoms with van der Waals surface area (Å²) in [5.74, 6) is 0. The third-order valence-corrected chi connectivity index (χ3v) is 0.884. The second-order valence-electron chi connectivity index (χ2n) is 1.62. The predicted molar refractivity (Wildman–Crippen MR) is 43.9 cm³/mol. The van der Waals surface area contributed by atoms with Crippen LogP contribution in [-0.4, -0.2) is 7.05 Å². The first-order valence-electron chi connectivity index (χ1n) is 3.10. The van der Waals surface area contributed by atoms with Crippen molar-refractivity contribution in [3.63, 3.8) is 0 Å². The van der Waals surface area contributed by atoms with Gasteiger partial charge in [-0.05, 0) is 19.1 Å². The molecular weight excluding hydrogens is 124 g/mol. The lowest BCUT2D eigenvalue weighted by Crippen LogP contribution is -1.66. The molecule has 54 valence electrons. The van der Waals surface area contributed by atoms with Gasteiger partial charge in [-0.2, -0.15) is 10.2 Å². The van der Waals surface area contributed by atoms with E-state index in [9.17, 15) is 0 Å². The molecule has 0 aromatic carbocycles. The van der Waals surface area contributed by atoms with Crippen LogP contribution in [0, 0.1) is 0 Å². The fourth-order valence-corrected chi connectivity index (χ4v) is 0.452. The highest BCUT2D eigenvalue weighted by atomic mass is 15.1. The smallest absolute Gasteiger partial charge is 0.0846 e.